The van der Waals surface area contributed by atoms with E-state index in [4.69, 9.17) is 4.74 Å². The van der Waals surface area contributed by atoms with E-state index < -0.39 is 15.9 Å². The van der Waals surface area contributed by atoms with Crippen LogP contribution in [0.1, 0.15) is 39.9 Å². The van der Waals surface area contributed by atoms with Gasteiger partial charge in [-0.15, -0.1) is 0 Å². The summed E-state index contributed by atoms with van der Waals surface area (Å²) in [6.07, 6.45) is 6.93. The molecule has 0 bridgehead atoms. The zero-order valence-electron chi connectivity index (χ0n) is 21.9. The number of amides is 1. The van der Waals surface area contributed by atoms with Gasteiger partial charge in [0, 0.05) is 37.2 Å². The molecule has 3 aromatic heterocycles. The normalized spacial score (nSPS) is 13.4. The molecule has 0 saturated carbocycles. The van der Waals surface area contributed by atoms with Gasteiger partial charge in [-0.1, -0.05) is 23.8 Å². The first-order valence-electron chi connectivity index (χ1n) is 12.5. The van der Waals surface area contributed by atoms with Gasteiger partial charge in [-0.2, -0.15) is 8.42 Å². The molecule has 1 amide bonds. The van der Waals surface area contributed by atoms with Crippen LogP contribution in [0, 0.1) is 20.8 Å². The number of hydrogen-bond donors (Lipinski definition) is 1. The van der Waals surface area contributed by atoms with E-state index in [1.165, 1.54) is 24.4 Å². The first-order chi connectivity index (χ1) is 18.7. The summed E-state index contributed by atoms with van der Waals surface area (Å²) in [5.74, 6) is 0.263. The predicted octanol–water partition coefficient (Wildman–Crippen LogP) is 4.37. The molecular weight excluding hydrogens is 516 g/mol. The van der Waals surface area contributed by atoms with Crippen molar-refractivity contribution in [3.05, 3.63) is 83.3 Å². The number of pyridine rings is 2. The average Bonchev–Trinajstić information content (AvgIpc) is 3.46. The SMILES string of the molecule is Cc1cc(C)c(Oc2nc(-c3cnc(N4CCCC4)nc3)ccc2C(=O)NS(=O)(=O)c2ccccn2)c(C)c1. The van der Waals surface area contributed by atoms with Crippen molar-refractivity contribution in [3.8, 4) is 22.9 Å². The highest BCUT2D eigenvalue weighted by molar-refractivity contribution is 7.90. The molecule has 11 heteroatoms. The van der Waals surface area contributed by atoms with Crippen LogP contribution in [0.4, 0.5) is 5.95 Å². The quantitative estimate of drug-likeness (QED) is 0.361. The summed E-state index contributed by atoms with van der Waals surface area (Å²) >= 11 is 0. The second-order valence-corrected chi connectivity index (χ2v) is 11.1. The van der Waals surface area contributed by atoms with Gasteiger partial charge in [0.1, 0.15) is 11.3 Å². The minimum Gasteiger partial charge on any atom is -0.438 e. The summed E-state index contributed by atoms with van der Waals surface area (Å²) in [6.45, 7) is 7.63. The number of sulfonamides is 1. The van der Waals surface area contributed by atoms with E-state index in [-0.39, 0.29) is 16.5 Å². The number of anilines is 1. The molecule has 5 rings (SSSR count). The van der Waals surface area contributed by atoms with Crippen molar-refractivity contribution in [1.82, 2.24) is 24.7 Å². The van der Waals surface area contributed by atoms with Crippen LogP contribution in [0.2, 0.25) is 0 Å². The average molecular weight is 545 g/mol. The molecule has 0 unspecified atom stereocenters. The van der Waals surface area contributed by atoms with E-state index in [1.807, 2.05) is 32.9 Å². The molecule has 39 heavy (non-hydrogen) atoms. The Balaban J connectivity index is 1.52. The molecule has 1 fully saturated rings. The number of carbonyl (C=O) groups is 1. The van der Waals surface area contributed by atoms with Crippen molar-refractivity contribution in [2.75, 3.05) is 18.0 Å². The van der Waals surface area contributed by atoms with Gasteiger partial charge < -0.3 is 9.64 Å². The maximum absolute atomic E-state index is 13.2. The number of carbonyl (C=O) groups excluding carboxylic acids is 1. The lowest BCUT2D eigenvalue weighted by atomic mass is 10.1. The van der Waals surface area contributed by atoms with E-state index >= 15 is 0 Å². The second kappa shape index (κ2) is 10.8. The Kier molecular flexibility index (Phi) is 7.25. The maximum atomic E-state index is 13.2. The molecule has 1 aliphatic rings. The fourth-order valence-electron chi connectivity index (χ4n) is 4.55. The monoisotopic (exact) mass is 544 g/mol. The molecule has 4 heterocycles. The number of aryl methyl sites for hydroxylation is 3. The lowest BCUT2D eigenvalue weighted by Crippen LogP contribution is -2.31. The zero-order chi connectivity index (χ0) is 27.6. The Hall–Kier alpha value is -4.38. The molecule has 1 saturated heterocycles. The molecule has 0 spiro atoms. The summed E-state index contributed by atoms with van der Waals surface area (Å²) in [5, 5.41) is -0.272. The van der Waals surface area contributed by atoms with E-state index in [2.05, 4.69) is 29.6 Å². The van der Waals surface area contributed by atoms with Gasteiger partial charge in [-0.05, 0) is 69.0 Å². The number of nitrogens with zero attached hydrogens (tertiary/aromatic N) is 5. The molecule has 0 atom stereocenters. The zero-order valence-corrected chi connectivity index (χ0v) is 22.7. The van der Waals surface area contributed by atoms with Gasteiger partial charge in [0.25, 0.3) is 15.9 Å². The number of aromatic nitrogens is 4. The van der Waals surface area contributed by atoms with E-state index in [0.29, 0.717) is 23.0 Å². The lowest BCUT2D eigenvalue weighted by Gasteiger charge is -2.16. The van der Waals surface area contributed by atoms with Gasteiger partial charge in [0.2, 0.25) is 11.8 Å². The minimum absolute atomic E-state index is 0.0418. The van der Waals surface area contributed by atoms with Gasteiger partial charge in [0.15, 0.2) is 5.03 Å². The number of ether oxygens (including phenoxy) is 1. The van der Waals surface area contributed by atoms with Gasteiger partial charge in [-0.3, -0.25) is 4.79 Å². The maximum Gasteiger partial charge on any atom is 0.281 e. The molecule has 1 N–H and O–H groups in total. The van der Waals surface area contributed by atoms with Crippen molar-refractivity contribution in [1.29, 1.82) is 0 Å². The third-order valence-corrected chi connectivity index (χ3v) is 7.62. The number of benzene rings is 1. The highest BCUT2D eigenvalue weighted by Gasteiger charge is 2.25. The van der Waals surface area contributed by atoms with Crippen LogP contribution in [0.3, 0.4) is 0 Å². The first kappa shape index (κ1) is 26.2. The molecule has 1 aliphatic heterocycles. The van der Waals surface area contributed by atoms with Crippen molar-refractivity contribution < 1.29 is 17.9 Å². The predicted molar refractivity (Wildman–Crippen MR) is 146 cm³/mol. The summed E-state index contributed by atoms with van der Waals surface area (Å²) in [6, 6.07) is 11.4. The van der Waals surface area contributed by atoms with Crippen molar-refractivity contribution in [2.45, 2.75) is 38.6 Å². The summed E-state index contributed by atoms with van der Waals surface area (Å²) < 4.78 is 33.8. The van der Waals surface area contributed by atoms with Crippen molar-refractivity contribution >= 4 is 21.9 Å². The van der Waals surface area contributed by atoms with Gasteiger partial charge in [0.05, 0.1) is 5.69 Å². The van der Waals surface area contributed by atoms with Crippen LogP contribution in [0.25, 0.3) is 11.3 Å². The Morgan fingerprint density at radius 2 is 1.64 bits per heavy atom. The summed E-state index contributed by atoms with van der Waals surface area (Å²) in [5.41, 5.74) is 3.83. The molecule has 0 radical (unpaired) electrons. The van der Waals surface area contributed by atoms with Crippen LogP contribution >= 0.6 is 0 Å². The molecule has 4 aromatic rings. The molecule has 10 nitrogen and oxygen atoms in total. The number of rotatable bonds is 7. The van der Waals surface area contributed by atoms with Crippen LogP contribution in [0.5, 0.6) is 11.6 Å². The van der Waals surface area contributed by atoms with Crippen LogP contribution in [-0.4, -0.2) is 47.4 Å². The van der Waals surface area contributed by atoms with Crippen LogP contribution in [-0.2, 0) is 10.0 Å². The number of nitrogens with one attached hydrogen (secondary N) is 1. The Morgan fingerprint density at radius 3 is 2.28 bits per heavy atom. The largest absolute Gasteiger partial charge is 0.438 e. The molecule has 1 aromatic carbocycles. The van der Waals surface area contributed by atoms with Gasteiger partial charge in [-0.25, -0.2) is 24.7 Å². The Labute approximate surface area is 227 Å². The fourth-order valence-corrected chi connectivity index (χ4v) is 5.46. The Morgan fingerprint density at radius 1 is 0.949 bits per heavy atom. The topological polar surface area (TPSA) is 127 Å². The highest BCUT2D eigenvalue weighted by Crippen LogP contribution is 2.32. The first-order valence-corrected chi connectivity index (χ1v) is 14.0. The minimum atomic E-state index is -4.21. The lowest BCUT2D eigenvalue weighted by molar-refractivity contribution is 0.0978. The Bertz CT molecular complexity index is 1600. The third kappa shape index (κ3) is 5.73. The van der Waals surface area contributed by atoms with E-state index in [0.717, 1.165) is 42.6 Å². The standard InChI is InChI=1S/C28H28N6O4S/c1-18-14-19(2)25(20(3)15-18)38-27-22(26(35)33-39(36,37)24-8-4-5-11-29-24)9-10-23(32-27)21-16-30-28(31-17-21)34-12-6-7-13-34/h4-5,8-11,14-17H,6-7,12-13H2,1-3H3,(H,33,35). The van der Waals surface area contributed by atoms with Crippen molar-refractivity contribution in [2.24, 2.45) is 0 Å². The summed E-state index contributed by atoms with van der Waals surface area (Å²) in [7, 11) is -4.21. The molecule has 200 valence electrons. The summed E-state index contributed by atoms with van der Waals surface area (Å²) in [4.78, 5) is 32.8. The highest BCUT2D eigenvalue weighted by atomic mass is 32.2. The third-order valence-electron chi connectivity index (χ3n) is 6.37. The van der Waals surface area contributed by atoms with E-state index in [1.54, 1.807) is 24.5 Å². The second-order valence-electron chi connectivity index (χ2n) is 9.45. The van der Waals surface area contributed by atoms with Crippen LogP contribution < -0.4 is 14.4 Å². The van der Waals surface area contributed by atoms with Gasteiger partial charge >= 0.3 is 0 Å². The van der Waals surface area contributed by atoms with E-state index in [9.17, 15) is 13.2 Å². The fraction of sp³-hybridized carbons (Fsp3) is 0.250. The smallest absolute Gasteiger partial charge is 0.281 e. The van der Waals surface area contributed by atoms with Crippen LogP contribution in [0.15, 0.2) is 66.1 Å². The molecular formula is C28H28N6O4S. The number of hydrogen-bond acceptors (Lipinski definition) is 9. The molecule has 0 aliphatic carbocycles. The van der Waals surface area contributed by atoms with Crippen molar-refractivity contribution in [3.63, 3.8) is 0 Å².